The van der Waals surface area contributed by atoms with E-state index < -0.39 is 10.0 Å². The number of nitrogens with one attached hydrogen (secondary N) is 1. The van der Waals surface area contributed by atoms with Gasteiger partial charge in [-0.2, -0.15) is 0 Å². The van der Waals surface area contributed by atoms with Gasteiger partial charge in [0.05, 0.1) is 6.54 Å². The molecule has 0 aliphatic carbocycles. The maximum Gasteiger partial charge on any atom is 0.244 e. The molecule has 1 heterocycles. The van der Waals surface area contributed by atoms with Gasteiger partial charge >= 0.3 is 0 Å². The van der Waals surface area contributed by atoms with Crippen LogP contribution in [0.25, 0.3) is 0 Å². The van der Waals surface area contributed by atoms with Gasteiger partial charge in [-0.15, -0.1) is 0 Å². The van der Waals surface area contributed by atoms with Crippen molar-refractivity contribution in [1.29, 1.82) is 0 Å². The summed E-state index contributed by atoms with van der Waals surface area (Å²) in [6, 6.07) is 1.47. The lowest BCUT2D eigenvalue weighted by Crippen LogP contribution is -2.31. The zero-order valence-corrected chi connectivity index (χ0v) is 11.2. The van der Waals surface area contributed by atoms with Gasteiger partial charge in [-0.1, -0.05) is 0 Å². The van der Waals surface area contributed by atoms with Crippen molar-refractivity contribution < 1.29 is 12.8 Å². The minimum absolute atomic E-state index is 0.164. The standard InChI is InChI=1S/C10H19N3O3S/c1-8-10(6-9(7-11)16-8)17(14,15)12-4-5-13(2)3/h6,12H,4-5,7,11H2,1-3H3. The van der Waals surface area contributed by atoms with Crippen LogP contribution >= 0.6 is 0 Å². The Morgan fingerprint density at radius 1 is 1.47 bits per heavy atom. The van der Waals surface area contributed by atoms with Crippen LogP contribution in [-0.2, 0) is 16.6 Å². The number of rotatable bonds is 6. The summed E-state index contributed by atoms with van der Waals surface area (Å²) in [6.45, 7) is 2.80. The fraction of sp³-hybridized carbons (Fsp3) is 0.600. The first-order chi connectivity index (χ1) is 7.86. The van der Waals surface area contributed by atoms with Gasteiger partial charge in [0.2, 0.25) is 10.0 Å². The van der Waals surface area contributed by atoms with E-state index in [9.17, 15) is 8.42 Å². The Morgan fingerprint density at radius 3 is 2.59 bits per heavy atom. The summed E-state index contributed by atoms with van der Waals surface area (Å²) >= 11 is 0. The van der Waals surface area contributed by atoms with Crippen molar-refractivity contribution in [3.8, 4) is 0 Å². The number of nitrogens with two attached hydrogens (primary N) is 1. The monoisotopic (exact) mass is 261 g/mol. The summed E-state index contributed by atoms with van der Waals surface area (Å²) < 4.78 is 31.6. The lowest BCUT2D eigenvalue weighted by Gasteiger charge is -2.10. The summed E-state index contributed by atoms with van der Waals surface area (Å²) in [5, 5.41) is 0. The molecule has 3 N–H and O–H groups in total. The average molecular weight is 261 g/mol. The Morgan fingerprint density at radius 2 is 2.12 bits per heavy atom. The first-order valence-corrected chi connectivity index (χ1v) is 6.79. The minimum atomic E-state index is -3.50. The van der Waals surface area contributed by atoms with E-state index in [1.807, 2.05) is 19.0 Å². The number of aryl methyl sites for hydroxylation is 1. The number of hydrogen-bond acceptors (Lipinski definition) is 5. The maximum atomic E-state index is 11.9. The molecule has 17 heavy (non-hydrogen) atoms. The SMILES string of the molecule is Cc1oc(CN)cc1S(=O)(=O)NCCN(C)C. The molecule has 0 aromatic carbocycles. The molecule has 0 fully saturated rings. The highest BCUT2D eigenvalue weighted by molar-refractivity contribution is 7.89. The number of nitrogens with zero attached hydrogens (tertiary/aromatic N) is 1. The number of sulfonamides is 1. The highest BCUT2D eigenvalue weighted by atomic mass is 32.2. The van der Waals surface area contributed by atoms with E-state index >= 15 is 0 Å². The van der Waals surface area contributed by atoms with Gasteiger partial charge in [-0.3, -0.25) is 0 Å². The summed E-state index contributed by atoms with van der Waals surface area (Å²) in [5.74, 6) is 0.832. The van der Waals surface area contributed by atoms with E-state index in [1.54, 1.807) is 6.92 Å². The molecule has 0 radical (unpaired) electrons. The predicted octanol–water partition coefficient (Wildman–Crippen LogP) is -0.113. The van der Waals surface area contributed by atoms with Crippen molar-refractivity contribution in [1.82, 2.24) is 9.62 Å². The molecule has 6 nitrogen and oxygen atoms in total. The van der Waals surface area contributed by atoms with Crippen LogP contribution in [0.4, 0.5) is 0 Å². The largest absolute Gasteiger partial charge is 0.464 e. The Balaban J connectivity index is 2.78. The van der Waals surface area contributed by atoms with Gasteiger partial charge in [0, 0.05) is 19.2 Å². The Kier molecular flexibility index (Phi) is 4.70. The van der Waals surface area contributed by atoms with Crippen LogP contribution in [0.1, 0.15) is 11.5 Å². The zero-order valence-electron chi connectivity index (χ0n) is 10.4. The van der Waals surface area contributed by atoms with Crippen molar-refractivity contribution >= 4 is 10.0 Å². The van der Waals surface area contributed by atoms with Crippen LogP contribution in [0, 0.1) is 6.92 Å². The van der Waals surface area contributed by atoms with E-state index in [4.69, 9.17) is 10.2 Å². The summed E-state index contributed by atoms with van der Waals surface area (Å²) in [4.78, 5) is 2.06. The summed E-state index contributed by atoms with van der Waals surface area (Å²) in [5.41, 5.74) is 5.40. The van der Waals surface area contributed by atoms with Crippen LogP contribution < -0.4 is 10.5 Å². The van der Waals surface area contributed by atoms with Crippen molar-refractivity contribution in [2.24, 2.45) is 5.73 Å². The number of hydrogen-bond donors (Lipinski definition) is 2. The lowest BCUT2D eigenvalue weighted by molar-refractivity contribution is 0.412. The average Bonchev–Trinajstić information content (AvgIpc) is 2.59. The highest BCUT2D eigenvalue weighted by Crippen LogP contribution is 2.19. The normalized spacial score (nSPS) is 12.3. The van der Waals surface area contributed by atoms with Gasteiger partial charge in [0.1, 0.15) is 16.4 Å². The van der Waals surface area contributed by atoms with Crippen LogP contribution in [0.2, 0.25) is 0 Å². The van der Waals surface area contributed by atoms with Gasteiger partial charge < -0.3 is 15.1 Å². The maximum absolute atomic E-state index is 11.9. The van der Waals surface area contributed by atoms with Gasteiger partial charge in [-0.05, 0) is 21.0 Å². The van der Waals surface area contributed by atoms with Crippen molar-refractivity contribution in [3.05, 3.63) is 17.6 Å². The molecule has 0 atom stereocenters. The Hall–Kier alpha value is -0.890. The second kappa shape index (κ2) is 5.63. The number of likely N-dealkylation sites (N-methyl/N-ethyl adjacent to an activating group) is 1. The van der Waals surface area contributed by atoms with Crippen molar-refractivity contribution in [2.45, 2.75) is 18.4 Å². The second-order valence-electron chi connectivity index (χ2n) is 4.04. The predicted molar refractivity (Wildman–Crippen MR) is 65.1 cm³/mol. The molecule has 0 amide bonds. The molecule has 1 rings (SSSR count). The Bertz CT molecular complexity index is 465. The minimum Gasteiger partial charge on any atom is -0.464 e. The molecular formula is C10H19N3O3S. The van der Waals surface area contributed by atoms with E-state index in [-0.39, 0.29) is 11.4 Å². The summed E-state index contributed by atoms with van der Waals surface area (Å²) in [6.07, 6.45) is 0. The van der Waals surface area contributed by atoms with Gasteiger partial charge in [0.15, 0.2) is 0 Å². The number of furan rings is 1. The third-order valence-electron chi connectivity index (χ3n) is 2.27. The van der Waals surface area contributed by atoms with Crippen LogP contribution in [0.3, 0.4) is 0 Å². The molecule has 1 aromatic heterocycles. The topological polar surface area (TPSA) is 88.6 Å². The molecule has 0 saturated carbocycles. The van der Waals surface area contributed by atoms with Crippen LogP contribution in [0.15, 0.2) is 15.4 Å². The van der Waals surface area contributed by atoms with Gasteiger partial charge in [0.25, 0.3) is 0 Å². The van der Waals surface area contributed by atoms with Crippen LogP contribution in [-0.4, -0.2) is 40.5 Å². The quantitative estimate of drug-likeness (QED) is 0.745. The van der Waals surface area contributed by atoms with E-state index in [1.165, 1.54) is 6.07 Å². The molecule has 0 bridgehead atoms. The molecule has 0 unspecified atom stereocenters. The lowest BCUT2D eigenvalue weighted by atomic mass is 10.4. The third-order valence-corrected chi connectivity index (χ3v) is 3.83. The van der Waals surface area contributed by atoms with Gasteiger partial charge in [-0.25, -0.2) is 13.1 Å². The first kappa shape index (κ1) is 14.2. The smallest absolute Gasteiger partial charge is 0.244 e. The highest BCUT2D eigenvalue weighted by Gasteiger charge is 2.20. The van der Waals surface area contributed by atoms with Crippen molar-refractivity contribution in [2.75, 3.05) is 27.2 Å². The fourth-order valence-electron chi connectivity index (χ4n) is 1.37. The van der Waals surface area contributed by atoms with E-state index in [0.29, 0.717) is 24.6 Å². The zero-order chi connectivity index (χ0) is 13.1. The molecule has 0 aliphatic heterocycles. The third kappa shape index (κ3) is 3.81. The summed E-state index contributed by atoms with van der Waals surface area (Å²) in [7, 11) is 0.256. The van der Waals surface area contributed by atoms with E-state index in [0.717, 1.165) is 0 Å². The molecule has 98 valence electrons. The Labute approximate surface area is 102 Å². The second-order valence-corrected chi connectivity index (χ2v) is 5.77. The van der Waals surface area contributed by atoms with Crippen LogP contribution in [0.5, 0.6) is 0 Å². The molecule has 7 heteroatoms. The molecule has 0 spiro atoms. The molecule has 0 saturated heterocycles. The fourth-order valence-corrected chi connectivity index (χ4v) is 2.60. The van der Waals surface area contributed by atoms with E-state index in [2.05, 4.69) is 4.72 Å². The molecule has 0 aliphatic rings. The van der Waals surface area contributed by atoms with Crippen molar-refractivity contribution in [3.63, 3.8) is 0 Å². The molecular weight excluding hydrogens is 242 g/mol. The molecule has 1 aromatic rings. The first-order valence-electron chi connectivity index (χ1n) is 5.30.